The van der Waals surface area contributed by atoms with Gasteiger partial charge in [-0.05, 0) is 7.05 Å². The molecule has 0 atom stereocenters. The number of nitrogens with zero attached hydrogens (tertiary/aromatic N) is 2. The quantitative estimate of drug-likeness (QED) is 0.248. The maximum Gasteiger partial charge on any atom is 1.00 e. The molecule has 0 aromatic carbocycles. The second kappa shape index (κ2) is 2.90. The van der Waals surface area contributed by atoms with Crippen LogP contribution >= 0.6 is 0 Å². The third kappa shape index (κ3) is 1.82. The first-order valence-corrected chi connectivity index (χ1v) is 1.74. The first kappa shape index (κ1) is 6.81. The molecular weight excluding hydrogens is 83.0 g/mol. The summed E-state index contributed by atoms with van der Waals surface area (Å²) in [5, 5.41) is 0. The third-order valence-electron chi connectivity index (χ3n) is 0.580. The summed E-state index contributed by atoms with van der Waals surface area (Å²) in [6.45, 7) is 0. The van der Waals surface area contributed by atoms with Gasteiger partial charge in [0.25, 0.3) is 0 Å². The molecule has 0 amide bonds. The molecule has 1 aromatic rings. The predicted octanol–water partition coefficient (Wildman–Crippen LogP) is -2.78. The summed E-state index contributed by atoms with van der Waals surface area (Å²) in [5.74, 6) is 0. The zero-order valence-corrected chi connectivity index (χ0v) is 4.55. The standard InChI is InChI=1S/C4H5N2.Li/c1-6-3-2-5-4-6;/h2-3H,1H3;/q-1;+1. The summed E-state index contributed by atoms with van der Waals surface area (Å²) in [6.07, 6.45) is 6.19. The van der Waals surface area contributed by atoms with Crippen molar-refractivity contribution in [3.05, 3.63) is 18.7 Å². The minimum Gasteiger partial charge on any atom is -0.457 e. The van der Waals surface area contributed by atoms with Crippen LogP contribution in [0, 0.1) is 6.33 Å². The number of rotatable bonds is 0. The van der Waals surface area contributed by atoms with Crippen molar-refractivity contribution in [2.75, 3.05) is 0 Å². The average Bonchev–Trinajstić information content (AvgIpc) is 1.86. The fourth-order valence-electron chi connectivity index (χ4n) is 0.291. The van der Waals surface area contributed by atoms with Crippen LogP contribution in [0.15, 0.2) is 12.4 Å². The Morgan fingerprint density at radius 1 is 1.71 bits per heavy atom. The first-order chi connectivity index (χ1) is 2.89. The largest absolute Gasteiger partial charge is 1.00 e. The van der Waals surface area contributed by atoms with E-state index >= 15 is 0 Å². The zero-order valence-electron chi connectivity index (χ0n) is 4.55. The molecule has 7 heavy (non-hydrogen) atoms. The Labute approximate surface area is 54.7 Å². The van der Waals surface area contributed by atoms with E-state index in [9.17, 15) is 0 Å². The molecule has 0 spiro atoms. The van der Waals surface area contributed by atoms with Gasteiger partial charge in [-0.1, -0.05) is 0 Å². The summed E-state index contributed by atoms with van der Waals surface area (Å²) in [5.41, 5.74) is 0. The van der Waals surface area contributed by atoms with Gasteiger partial charge >= 0.3 is 18.9 Å². The molecule has 0 saturated heterocycles. The van der Waals surface area contributed by atoms with Crippen LogP contribution in [0.3, 0.4) is 0 Å². The van der Waals surface area contributed by atoms with E-state index in [4.69, 9.17) is 0 Å². The molecule has 0 aliphatic heterocycles. The molecule has 0 aliphatic rings. The van der Waals surface area contributed by atoms with Crippen molar-refractivity contribution in [3.63, 3.8) is 0 Å². The number of imidazole rings is 1. The van der Waals surface area contributed by atoms with Crippen LogP contribution in [0.4, 0.5) is 0 Å². The monoisotopic (exact) mass is 88.1 g/mol. The fourth-order valence-corrected chi connectivity index (χ4v) is 0.291. The van der Waals surface area contributed by atoms with E-state index in [0.717, 1.165) is 0 Å². The van der Waals surface area contributed by atoms with Crippen LogP contribution in [0.2, 0.25) is 0 Å². The Balaban J connectivity index is 0.000000360. The Hall–Kier alpha value is -0.193. The van der Waals surface area contributed by atoms with E-state index in [1.807, 2.05) is 13.2 Å². The van der Waals surface area contributed by atoms with E-state index < -0.39 is 0 Å². The molecule has 32 valence electrons. The van der Waals surface area contributed by atoms with E-state index in [1.165, 1.54) is 0 Å². The average molecular weight is 88.0 g/mol. The van der Waals surface area contributed by atoms with Crippen molar-refractivity contribution in [3.8, 4) is 0 Å². The SMILES string of the molecule is Cn1[c-]ncc1.[Li+]. The molecule has 1 heterocycles. The molecule has 0 saturated carbocycles. The van der Waals surface area contributed by atoms with Gasteiger partial charge in [0.2, 0.25) is 0 Å². The Bertz CT molecular complexity index is 113. The van der Waals surface area contributed by atoms with Crippen LogP contribution in [-0.2, 0) is 7.05 Å². The molecule has 0 aliphatic carbocycles. The first-order valence-electron chi connectivity index (χ1n) is 1.74. The van der Waals surface area contributed by atoms with Crippen LogP contribution in [-0.4, -0.2) is 9.55 Å². The number of hydrogen-bond acceptors (Lipinski definition) is 1. The molecule has 3 heteroatoms. The Kier molecular flexibility index (Phi) is 2.82. The van der Waals surface area contributed by atoms with Crippen LogP contribution < -0.4 is 18.9 Å². The van der Waals surface area contributed by atoms with Crippen molar-refractivity contribution in [1.82, 2.24) is 9.55 Å². The summed E-state index contributed by atoms with van der Waals surface area (Å²) in [7, 11) is 1.88. The van der Waals surface area contributed by atoms with Gasteiger partial charge in [0, 0.05) is 6.33 Å². The van der Waals surface area contributed by atoms with Crippen LogP contribution in [0.1, 0.15) is 0 Å². The van der Waals surface area contributed by atoms with Gasteiger partial charge in [-0.2, -0.15) is 0 Å². The molecular formula is C4H5LiN2. The van der Waals surface area contributed by atoms with Crippen molar-refractivity contribution in [2.45, 2.75) is 0 Å². The van der Waals surface area contributed by atoms with Crippen molar-refractivity contribution in [2.24, 2.45) is 7.05 Å². The van der Waals surface area contributed by atoms with Gasteiger partial charge in [0.1, 0.15) is 0 Å². The van der Waals surface area contributed by atoms with Gasteiger partial charge in [-0.25, -0.2) is 0 Å². The van der Waals surface area contributed by atoms with Gasteiger partial charge in [-0.3, -0.25) is 0 Å². The molecule has 1 rings (SSSR count). The third-order valence-corrected chi connectivity index (χ3v) is 0.580. The fraction of sp³-hybridized carbons (Fsp3) is 0.250. The molecule has 1 aromatic heterocycles. The van der Waals surface area contributed by atoms with Crippen LogP contribution in [0.25, 0.3) is 0 Å². The van der Waals surface area contributed by atoms with Crippen molar-refractivity contribution >= 4 is 0 Å². The summed E-state index contributed by atoms with van der Waals surface area (Å²) in [6, 6.07) is 0. The summed E-state index contributed by atoms with van der Waals surface area (Å²) in [4.78, 5) is 3.66. The number of aryl methyl sites for hydroxylation is 1. The predicted molar refractivity (Wildman–Crippen MR) is 22.0 cm³/mol. The molecule has 2 nitrogen and oxygen atoms in total. The molecule has 0 radical (unpaired) electrons. The second-order valence-electron chi connectivity index (χ2n) is 1.14. The number of hydrogen-bond donors (Lipinski definition) is 0. The second-order valence-corrected chi connectivity index (χ2v) is 1.14. The summed E-state index contributed by atoms with van der Waals surface area (Å²) >= 11 is 0. The minimum absolute atomic E-state index is 0. The topological polar surface area (TPSA) is 17.8 Å². The van der Waals surface area contributed by atoms with Gasteiger partial charge < -0.3 is 9.55 Å². The molecule has 0 bridgehead atoms. The Morgan fingerprint density at radius 2 is 2.43 bits per heavy atom. The summed E-state index contributed by atoms with van der Waals surface area (Å²) < 4.78 is 1.76. The van der Waals surface area contributed by atoms with Crippen LogP contribution in [0.5, 0.6) is 0 Å². The minimum atomic E-state index is 0. The van der Waals surface area contributed by atoms with Gasteiger partial charge in [-0.15, -0.1) is 12.4 Å². The molecule has 0 fully saturated rings. The van der Waals surface area contributed by atoms with E-state index in [-0.39, 0.29) is 18.9 Å². The van der Waals surface area contributed by atoms with Crippen molar-refractivity contribution < 1.29 is 18.9 Å². The van der Waals surface area contributed by atoms with Gasteiger partial charge in [0.15, 0.2) is 0 Å². The molecule has 0 unspecified atom stereocenters. The maximum absolute atomic E-state index is 3.66. The van der Waals surface area contributed by atoms with E-state index in [2.05, 4.69) is 11.3 Å². The normalized spacial score (nSPS) is 7.57. The molecule has 0 N–H and O–H groups in total. The van der Waals surface area contributed by atoms with Gasteiger partial charge in [0.05, 0.1) is 0 Å². The van der Waals surface area contributed by atoms with Crippen molar-refractivity contribution in [1.29, 1.82) is 0 Å². The zero-order chi connectivity index (χ0) is 4.41. The van der Waals surface area contributed by atoms with E-state index in [1.54, 1.807) is 10.8 Å². The maximum atomic E-state index is 3.66. The van der Waals surface area contributed by atoms with E-state index in [0.29, 0.717) is 0 Å². The Morgan fingerprint density at radius 3 is 2.57 bits per heavy atom. The smallest absolute Gasteiger partial charge is 0.457 e. The number of aromatic nitrogens is 2.